The van der Waals surface area contributed by atoms with E-state index in [2.05, 4.69) is 22.8 Å². The molecule has 0 aromatic carbocycles. The van der Waals surface area contributed by atoms with Crippen molar-refractivity contribution in [2.24, 2.45) is 0 Å². The molecule has 9 heteroatoms. The van der Waals surface area contributed by atoms with Crippen LogP contribution >= 0.6 is 12.6 Å². The predicted octanol–water partition coefficient (Wildman–Crippen LogP) is -0.900. The number of thiol groups is 1. The Morgan fingerprint density at radius 2 is 1.95 bits per heavy atom. The predicted molar refractivity (Wildman–Crippen MR) is 75.1 cm³/mol. The maximum Gasteiger partial charge on any atom is 0.332 e. The van der Waals surface area contributed by atoms with Crippen molar-refractivity contribution in [2.45, 2.75) is 24.5 Å². The molecule has 0 rings (SSSR count). The van der Waals surface area contributed by atoms with Crippen LogP contribution in [0.5, 0.6) is 0 Å². The van der Waals surface area contributed by atoms with Gasteiger partial charge in [0.25, 0.3) is 5.91 Å². The largest absolute Gasteiger partial charge is 0.353 e. The Labute approximate surface area is 126 Å². The molecule has 2 N–H and O–H groups in total. The first kappa shape index (κ1) is 18.8. The van der Waals surface area contributed by atoms with Crippen molar-refractivity contribution in [1.82, 2.24) is 10.8 Å². The van der Waals surface area contributed by atoms with Crippen molar-refractivity contribution in [3.63, 3.8) is 0 Å². The fourth-order valence-corrected chi connectivity index (χ4v) is 1.19. The van der Waals surface area contributed by atoms with E-state index in [1.54, 1.807) is 0 Å². The van der Waals surface area contributed by atoms with Crippen LogP contribution in [0.1, 0.15) is 19.3 Å². The zero-order chi connectivity index (χ0) is 16.1. The summed E-state index contributed by atoms with van der Waals surface area (Å²) in [5.74, 6) is -1.82. The monoisotopic (exact) mass is 316 g/mol. The molecule has 0 aliphatic heterocycles. The molecule has 0 saturated carbocycles. The van der Waals surface area contributed by atoms with Crippen molar-refractivity contribution in [2.75, 3.05) is 6.54 Å². The summed E-state index contributed by atoms with van der Waals surface area (Å²) in [5, 5.41) is 1.57. The molecule has 0 aliphatic carbocycles. The van der Waals surface area contributed by atoms with Gasteiger partial charge in [0.1, 0.15) is 12.6 Å². The van der Waals surface area contributed by atoms with Crippen LogP contribution in [0.25, 0.3) is 0 Å². The van der Waals surface area contributed by atoms with E-state index < -0.39 is 23.0 Å². The molecule has 1 atom stereocenters. The summed E-state index contributed by atoms with van der Waals surface area (Å²) >= 11 is 3.83. The first-order chi connectivity index (χ1) is 10.0. The summed E-state index contributed by atoms with van der Waals surface area (Å²) in [6.45, 7) is 0.214. The Bertz CT molecular complexity index is 424. The maximum absolute atomic E-state index is 11.2. The van der Waals surface area contributed by atoms with Crippen molar-refractivity contribution in [3.05, 3.63) is 12.2 Å². The Morgan fingerprint density at radius 1 is 1.24 bits per heavy atom. The van der Waals surface area contributed by atoms with Crippen molar-refractivity contribution in [1.29, 1.82) is 0 Å². The summed E-state index contributed by atoms with van der Waals surface area (Å²) in [6.07, 6.45) is 3.29. The number of hydroxylamine groups is 1. The average molecular weight is 316 g/mol. The lowest BCUT2D eigenvalue weighted by Gasteiger charge is -2.08. The third-order valence-electron chi connectivity index (χ3n) is 2.07. The molecule has 0 aromatic rings. The number of aldehydes is 2. The summed E-state index contributed by atoms with van der Waals surface area (Å²) in [4.78, 5) is 58.1. The fourth-order valence-electron chi connectivity index (χ4n) is 1.05. The zero-order valence-corrected chi connectivity index (χ0v) is 12.0. The van der Waals surface area contributed by atoms with Gasteiger partial charge in [-0.15, -0.1) is 0 Å². The molecule has 0 heterocycles. The minimum absolute atomic E-state index is 0.0249. The standard InChI is InChI=1S/C12H16N2O6S/c15-7-2-3-10(17)13-6-1-4-11(18)20-14-12(19)9(21)5-8-16/h2-3,7-9,21H,1,4-6H2,(H,13,17)(H,14,19)/b3-2-. The van der Waals surface area contributed by atoms with Gasteiger partial charge in [-0.2, -0.15) is 18.1 Å². The first-order valence-corrected chi connectivity index (χ1v) is 6.53. The number of carbonyl (C=O) groups excluding carboxylic acids is 5. The van der Waals surface area contributed by atoms with E-state index in [1.807, 2.05) is 5.48 Å². The second-order valence-corrected chi connectivity index (χ2v) is 4.37. The van der Waals surface area contributed by atoms with E-state index in [9.17, 15) is 24.0 Å². The minimum Gasteiger partial charge on any atom is -0.353 e. The fraction of sp³-hybridized carbons (Fsp3) is 0.417. The highest BCUT2D eigenvalue weighted by Crippen LogP contribution is 1.99. The smallest absolute Gasteiger partial charge is 0.332 e. The summed E-state index contributed by atoms with van der Waals surface area (Å²) in [5.41, 5.74) is 1.88. The van der Waals surface area contributed by atoms with Crippen LogP contribution in [0.4, 0.5) is 0 Å². The van der Waals surface area contributed by atoms with Gasteiger partial charge < -0.3 is 14.9 Å². The second kappa shape index (κ2) is 11.6. The molecule has 0 aliphatic rings. The van der Waals surface area contributed by atoms with Gasteiger partial charge in [-0.3, -0.25) is 14.4 Å². The molecule has 0 radical (unpaired) electrons. The molecule has 116 valence electrons. The number of hydrogen-bond acceptors (Lipinski definition) is 7. The SMILES string of the molecule is O=C/C=C\C(=O)NCCCC(=O)ONC(=O)C(S)CC=O. The normalized spacial score (nSPS) is 11.5. The lowest BCUT2D eigenvalue weighted by molar-refractivity contribution is -0.158. The Hall–Kier alpha value is -2.16. The molecule has 0 spiro atoms. The molecule has 8 nitrogen and oxygen atoms in total. The average Bonchev–Trinajstić information content (AvgIpc) is 2.47. The highest BCUT2D eigenvalue weighted by Gasteiger charge is 2.14. The van der Waals surface area contributed by atoms with Crippen LogP contribution in [0.2, 0.25) is 0 Å². The number of carbonyl (C=O) groups is 5. The van der Waals surface area contributed by atoms with Crippen LogP contribution < -0.4 is 10.8 Å². The molecule has 0 aromatic heterocycles. The summed E-state index contributed by atoms with van der Waals surface area (Å²) < 4.78 is 0. The molecule has 21 heavy (non-hydrogen) atoms. The second-order valence-electron chi connectivity index (χ2n) is 3.75. The number of rotatable bonds is 9. The van der Waals surface area contributed by atoms with Gasteiger partial charge in [0.2, 0.25) is 5.91 Å². The topological polar surface area (TPSA) is 119 Å². The van der Waals surface area contributed by atoms with Gasteiger partial charge in [-0.05, 0) is 12.5 Å². The molecule has 2 amide bonds. The molecular formula is C12H16N2O6S. The van der Waals surface area contributed by atoms with Crippen LogP contribution in [-0.2, 0) is 28.8 Å². The van der Waals surface area contributed by atoms with Crippen LogP contribution in [0, 0.1) is 0 Å². The van der Waals surface area contributed by atoms with Crippen LogP contribution in [-0.4, -0.2) is 42.2 Å². The van der Waals surface area contributed by atoms with E-state index in [4.69, 9.17) is 0 Å². The number of allylic oxidation sites excluding steroid dienone is 1. The van der Waals surface area contributed by atoms with Crippen LogP contribution in [0.3, 0.4) is 0 Å². The van der Waals surface area contributed by atoms with Gasteiger partial charge in [0.15, 0.2) is 0 Å². The van der Waals surface area contributed by atoms with Gasteiger partial charge >= 0.3 is 5.97 Å². The number of hydrogen-bond donors (Lipinski definition) is 3. The molecule has 1 unspecified atom stereocenters. The van der Waals surface area contributed by atoms with E-state index in [1.165, 1.54) is 0 Å². The van der Waals surface area contributed by atoms with Crippen molar-refractivity contribution in [3.8, 4) is 0 Å². The molecular weight excluding hydrogens is 300 g/mol. The first-order valence-electron chi connectivity index (χ1n) is 6.02. The number of nitrogens with one attached hydrogen (secondary N) is 2. The van der Waals surface area contributed by atoms with E-state index in [0.29, 0.717) is 19.0 Å². The van der Waals surface area contributed by atoms with Crippen molar-refractivity contribution < 1.29 is 28.8 Å². The summed E-state index contributed by atoms with van der Waals surface area (Å²) in [6, 6.07) is 0. The Kier molecular flexibility index (Phi) is 10.5. The molecule has 0 bridgehead atoms. The van der Waals surface area contributed by atoms with E-state index in [0.717, 1.165) is 12.2 Å². The Balaban J connectivity index is 3.74. The number of amides is 2. The summed E-state index contributed by atoms with van der Waals surface area (Å²) in [7, 11) is 0. The molecule has 0 saturated heterocycles. The van der Waals surface area contributed by atoms with Crippen molar-refractivity contribution >= 4 is 43.0 Å². The third kappa shape index (κ3) is 10.3. The Morgan fingerprint density at radius 3 is 2.57 bits per heavy atom. The van der Waals surface area contributed by atoms with E-state index >= 15 is 0 Å². The quantitative estimate of drug-likeness (QED) is 0.167. The zero-order valence-electron chi connectivity index (χ0n) is 11.1. The lowest BCUT2D eigenvalue weighted by Crippen LogP contribution is -2.34. The lowest BCUT2D eigenvalue weighted by atomic mass is 10.3. The highest BCUT2D eigenvalue weighted by molar-refractivity contribution is 7.81. The van der Waals surface area contributed by atoms with Gasteiger partial charge in [-0.1, -0.05) is 0 Å². The maximum atomic E-state index is 11.2. The highest BCUT2D eigenvalue weighted by atomic mass is 32.1. The van der Waals surface area contributed by atoms with Gasteiger partial charge in [0, 0.05) is 25.5 Å². The van der Waals surface area contributed by atoms with Gasteiger partial charge in [0.05, 0.1) is 5.25 Å². The minimum atomic E-state index is -0.876. The van der Waals surface area contributed by atoms with Gasteiger partial charge in [-0.25, -0.2) is 4.79 Å². The van der Waals surface area contributed by atoms with Crippen LogP contribution in [0.15, 0.2) is 12.2 Å². The molecule has 0 fully saturated rings. The third-order valence-corrected chi connectivity index (χ3v) is 2.52. The van der Waals surface area contributed by atoms with E-state index in [-0.39, 0.29) is 19.4 Å².